The van der Waals surface area contributed by atoms with Crippen LogP contribution in [-0.2, 0) is 0 Å². The standard InChI is InChI=1S/C17H22N4OS/c1-4-15(20-17-18-6-2-7-19-17)14-16(5-1)22-11-3-8-21-9-12-23-13-10-21/h1-2,4-7,14H,3,8-13H2,(H,18,19,20). The molecule has 1 aliphatic rings. The van der Waals surface area contributed by atoms with Crippen LogP contribution in [0.25, 0.3) is 0 Å². The molecular formula is C17H22N4OS. The maximum atomic E-state index is 5.86. The molecule has 0 saturated carbocycles. The van der Waals surface area contributed by atoms with Crippen molar-refractivity contribution in [2.24, 2.45) is 0 Å². The molecule has 0 amide bonds. The fourth-order valence-electron chi connectivity index (χ4n) is 2.46. The van der Waals surface area contributed by atoms with Gasteiger partial charge >= 0.3 is 0 Å². The minimum Gasteiger partial charge on any atom is -0.493 e. The number of nitrogens with one attached hydrogen (secondary N) is 1. The molecule has 2 heterocycles. The molecule has 3 rings (SSSR count). The van der Waals surface area contributed by atoms with E-state index >= 15 is 0 Å². The predicted molar refractivity (Wildman–Crippen MR) is 95.6 cm³/mol. The zero-order valence-corrected chi connectivity index (χ0v) is 14.0. The van der Waals surface area contributed by atoms with Crippen LogP contribution in [0.15, 0.2) is 42.7 Å². The number of thioether (sulfide) groups is 1. The van der Waals surface area contributed by atoms with E-state index in [-0.39, 0.29) is 0 Å². The zero-order valence-electron chi connectivity index (χ0n) is 13.1. The largest absolute Gasteiger partial charge is 0.493 e. The molecule has 6 heteroatoms. The highest BCUT2D eigenvalue weighted by molar-refractivity contribution is 7.99. The van der Waals surface area contributed by atoms with Gasteiger partial charge in [-0.05, 0) is 24.6 Å². The molecular weight excluding hydrogens is 308 g/mol. The predicted octanol–water partition coefficient (Wildman–Crippen LogP) is 3.04. The summed E-state index contributed by atoms with van der Waals surface area (Å²) >= 11 is 2.05. The Kier molecular flexibility index (Phi) is 6.11. The number of rotatable bonds is 7. The fourth-order valence-corrected chi connectivity index (χ4v) is 3.44. The fraction of sp³-hybridized carbons (Fsp3) is 0.412. The Balaban J connectivity index is 1.44. The van der Waals surface area contributed by atoms with E-state index < -0.39 is 0 Å². The quantitative estimate of drug-likeness (QED) is 0.788. The van der Waals surface area contributed by atoms with Crippen LogP contribution in [0.4, 0.5) is 11.6 Å². The molecule has 1 fully saturated rings. The molecule has 1 aromatic carbocycles. The third-order valence-corrected chi connectivity index (χ3v) is 4.59. The van der Waals surface area contributed by atoms with E-state index in [1.165, 1.54) is 24.6 Å². The highest BCUT2D eigenvalue weighted by Gasteiger charge is 2.09. The molecule has 0 atom stereocenters. The Labute approximate surface area is 141 Å². The van der Waals surface area contributed by atoms with E-state index in [1.807, 2.05) is 36.0 Å². The average molecular weight is 330 g/mol. The van der Waals surface area contributed by atoms with E-state index in [1.54, 1.807) is 18.5 Å². The number of ether oxygens (including phenoxy) is 1. The van der Waals surface area contributed by atoms with Gasteiger partial charge in [0.25, 0.3) is 0 Å². The van der Waals surface area contributed by atoms with Gasteiger partial charge in [0, 0.05) is 55.3 Å². The van der Waals surface area contributed by atoms with Gasteiger partial charge in [-0.15, -0.1) is 0 Å². The molecule has 0 aliphatic carbocycles. The first-order chi connectivity index (χ1) is 11.4. The van der Waals surface area contributed by atoms with Crippen LogP contribution in [0.2, 0.25) is 0 Å². The molecule has 0 bridgehead atoms. The SMILES string of the molecule is c1cnc(Nc2cccc(OCCCN3CCSCC3)c2)nc1. The van der Waals surface area contributed by atoms with E-state index in [4.69, 9.17) is 4.74 Å². The summed E-state index contributed by atoms with van der Waals surface area (Å²) in [5.74, 6) is 3.99. The van der Waals surface area contributed by atoms with Gasteiger partial charge in [0.2, 0.25) is 5.95 Å². The summed E-state index contributed by atoms with van der Waals surface area (Å²) < 4.78 is 5.86. The van der Waals surface area contributed by atoms with Crippen LogP contribution in [0.1, 0.15) is 6.42 Å². The molecule has 1 aliphatic heterocycles. The third-order valence-electron chi connectivity index (χ3n) is 3.65. The maximum Gasteiger partial charge on any atom is 0.227 e. The molecule has 1 saturated heterocycles. The Morgan fingerprint density at radius 2 is 1.96 bits per heavy atom. The van der Waals surface area contributed by atoms with Crippen molar-refractivity contribution in [2.75, 3.05) is 43.1 Å². The van der Waals surface area contributed by atoms with Gasteiger partial charge in [-0.3, -0.25) is 0 Å². The Hall–Kier alpha value is -1.79. The monoisotopic (exact) mass is 330 g/mol. The van der Waals surface area contributed by atoms with E-state index in [2.05, 4.69) is 20.2 Å². The summed E-state index contributed by atoms with van der Waals surface area (Å²) in [7, 11) is 0. The lowest BCUT2D eigenvalue weighted by Gasteiger charge is -2.25. The normalized spacial score (nSPS) is 15.3. The minimum absolute atomic E-state index is 0.590. The van der Waals surface area contributed by atoms with Crippen molar-refractivity contribution in [3.63, 3.8) is 0 Å². The van der Waals surface area contributed by atoms with Crippen LogP contribution in [0.3, 0.4) is 0 Å². The van der Waals surface area contributed by atoms with Crippen molar-refractivity contribution in [1.82, 2.24) is 14.9 Å². The topological polar surface area (TPSA) is 50.3 Å². The van der Waals surface area contributed by atoms with Crippen molar-refractivity contribution in [3.8, 4) is 5.75 Å². The van der Waals surface area contributed by atoms with Gasteiger partial charge in [0.05, 0.1) is 6.61 Å². The van der Waals surface area contributed by atoms with Gasteiger partial charge in [-0.2, -0.15) is 11.8 Å². The smallest absolute Gasteiger partial charge is 0.227 e. The van der Waals surface area contributed by atoms with Crippen LogP contribution < -0.4 is 10.1 Å². The van der Waals surface area contributed by atoms with Gasteiger partial charge in [0.15, 0.2) is 0 Å². The summed E-state index contributed by atoms with van der Waals surface area (Å²) in [6, 6.07) is 9.71. The summed E-state index contributed by atoms with van der Waals surface area (Å²) in [6.07, 6.45) is 4.49. The van der Waals surface area contributed by atoms with Crippen molar-refractivity contribution < 1.29 is 4.74 Å². The maximum absolute atomic E-state index is 5.86. The lowest BCUT2D eigenvalue weighted by Crippen LogP contribution is -2.33. The molecule has 5 nitrogen and oxygen atoms in total. The van der Waals surface area contributed by atoms with Crippen molar-refractivity contribution in [2.45, 2.75) is 6.42 Å². The van der Waals surface area contributed by atoms with Crippen LogP contribution >= 0.6 is 11.8 Å². The van der Waals surface area contributed by atoms with Gasteiger partial charge in [-0.25, -0.2) is 9.97 Å². The van der Waals surface area contributed by atoms with Gasteiger partial charge in [-0.1, -0.05) is 6.07 Å². The number of benzene rings is 1. The second-order valence-corrected chi connectivity index (χ2v) is 6.61. The van der Waals surface area contributed by atoms with Crippen molar-refractivity contribution >= 4 is 23.4 Å². The number of anilines is 2. The van der Waals surface area contributed by atoms with Crippen LogP contribution in [-0.4, -0.2) is 52.6 Å². The number of hydrogen-bond acceptors (Lipinski definition) is 6. The number of nitrogens with zero attached hydrogens (tertiary/aromatic N) is 3. The molecule has 1 N–H and O–H groups in total. The summed E-state index contributed by atoms with van der Waals surface area (Å²) in [5.41, 5.74) is 0.932. The van der Waals surface area contributed by atoms with E-state index in [0.29, 0.717) is 5.95 Å². The van der Waals surface area contributed by atoms with E-state index in [0.717, 1.165) is 31.0 Å². The average Bonchev–Trinajstić information content (AvgIpc) is 2.61. The van der Waals surface area contributed by atoms with Gasteiger partial charge in [0.1, 0.15) is 5.75 Å². The first-order valence-corrected chi connectivity index (χ1v) is 9.13. The summed E-state index contributed by atoms with van der Waals surface area (Å²) in [5, 5.41) is 3.17. The first-order valence-electron chi connectivity index (χ1n) is 7.97. The molecule has 1 aromatic heterocycles. The highest BCUT2D eigenvalue weighted by atomic mass is 32.2. The van der Waals surface area contributed by atoms with Crippen LogP contribution in [0.5, 0.6) is 5.75 Å². The summed E-state index contributed by atoms with van der Waals surface area (Å²) in [6.45, 7) is 4.29. The molecule has 122 valence electrons. The van der Waals surface area contributed by atoms with Gasteiger partial charge < -0.3 is 15.0 Å². The van der Waals surface area contributed by atoms with Crippen LogP contribution in [0, 0.1) is 0 Å². The molecule has 0 radical (unpaired) electrons. The number of aromatic nitrogens is 2. The number of hydrogen-bond donors (Lipinski definition) is 1. The third kappa shape index (κ3) is 5.41. The second kappa shape index (κ2) is 8.74. The first kappa shape index (κ1) is 16.1. The van der Waals surface area contributed by atoms with E-state index in [9.17, 15) is 0 Å². The molecule has 0 unspecified atom stereocenters. The second-order valence-electron chi connectivity index (χ2n) is 5.38. The Morgan fingerprint density at radius 1 is 1.13 bits per heavy atom. The Bertz CT molecular complexity index is 590. The zero-order chi connectivity index (χ0) is 15.7. The lowest BCUT2D eigenvalue weighted by molar-refractivity contribution is 0.248. The molecule has 23 heavy (non-hydrogen) atoms. The minimum atomic E-state index is 0.590. The van der Waals surface area contributed by atoms with Crippen molar-refractivity contribution in [3.05, 3.63) is 42.7 Å². The highest BCUT2D eigenvalue weighted by Crippen LogP contribution is 2.19. The van der Waals surface area contributed by atoms with Crippen molar-refractivity contribution in [1.29, 1.82) is 0 Å². The lowest BCUT2D eigenvalue weighted by atomic mass is 10.3. The summed E-state index contributed by atoms with van der Waals surface area (Å²) in [4.78, 5) is 10.8. The molecule has 2 aromatic rings. The Morgan fingerprint density at radius 3 is 2.78 bits per heavy atom. The molecule has 0 spiro atoms.